The van der Waals surface area contributed by atoms with Gasteiger partial charge in [-0.15, -0.1) is 5.10 Å². The summed E-state index contributed by atoms with van der Waals surface area (Å²) in [6.07, 6.45) is 2.87. The molecule has 0 bridgehead atoms. The number of nitrogens with zero attached hydrogens (tertiary/aromatic N) is 3. The minimum Gasteiger partial charge on any atom is -0.493 e. The van der Waals surface area contributed by atoms with Gasteiger partial charge in [-0.1, -0.05) is 23.4 Å². The van der Waals surface area contributed by atoms with Crippen molar-refractivity contribution in [2.45, 2.75) is 26.3 Å². The highest BCUT2D eigenvalue weighted by atomic mass is 16.5. The fraction of sp³-hybridized carbons (Fsp3) is 0.357. The van der Waals surface area contributed by atoms with E-state index in [-0.39, 0.29) is 5.69 Å². The van der Waals surface area contributed by atoms with E-state index in [2.05, 4.69) is 10.3 Å². The van der Waals surface area contributed by atoms with E-state index in [9.17, 15) is 4.79 Å². The molecule has 2 aromatic rings. The number of unbranched alkanes of at least 4 members (excludes halogenated alkanes) is 1. The van der Waals surface area contributed by atoms with Crippen LogP contribution < -0.4 is 4.74 Å². The molecule has 0 radical (unpaired) electrons. The number of carboxylic acids is 1. The number of carboxylic acid groups (broad SMARTS) is 1. The summed E-state index contributed by atoms with van der Waals surface area (Å²) in [4.78, 5) is 10.9. The number of ether oxygens (including phenoxy) is 1. The third-order valence-corrected chi connectivity index (χ3v) is 2.95. The van der Waals surface area contributed by atoms with Crippen molar-refractivity contribution in [3.63, 3.8) is 0 Å². The lowest BCUT2D eigenvalue weighted by molar-refractivity contribution is 0.0683. The van der Waals surface area contributed by atoms with Crippen molar-refractivity contribution in [3.8, 4) is 5.75 Å². The molecule has 0 amide bonds. The molecule has 0 aliphatic rings. The van der Waals surface area contributed by atoms with Crippen molar-refractivity contribution < 1.29 is 14.6 Å². The van der Waals surface area contributed by atoms with Gasteiger partial charge in [-0.25, -0.2) is 9.48 Å². The van der Waals surface area contributed by atoms with Gasteiger partial charge in [0.2, 0.25) is 0 Å². The van der Waals surface area contributed by atoms with Crippen molar-refractivity contribution in [1.82, 2.24) is 15.0 Å². The topological polar surface area (TPSA) is 77.2 Å². The second-order valence-electron chi connectivity index (χ2n) is 4.47. The van der Waals surface area contributed by atoms with Gasteiger partial charge in [0.15, 0.2) is 5.69 Å². The van der Waals surface area contributed by atoms with E-state index >= 15 is 0 Å². The molecule has 0 saturated carbocycles. The number of aryl methyl sites for hydroxylation is 2. The van der Waals surface area contributed by atoms with Crippen LogP contribution in [0.15, 0.2) is 30.5 Å². The summed E-state index contributed by atoms with van der Waals surface area (Å²) in [7, 11) is 0. The SMILES string of the molecule is Cc1ccccc1OCCCCn1nncc1C(=O)O. The Morgan fingerprint density at radius 3 is 2.90 bits per heavy atom. The molecule has 6 nitrogen and oxygen atoms in total. The molecule has 0 spiro atoms. The molecule has 1 heterocycles. The van der Waals surface area contributed by atoms with Crippen molar-refractivity contribution in [1.29, 1.82) is 0 Å². The molecule has 0 fully saturated rings. The van der Waals surface area contributed by atoms with Crippen LogP contribution in [0.1, 0.15) is 28.9 Å². The zero-order valence-corrected chi connectivity index (χ0v) is 11.3. The summed E-state index contributed by atoms with van der Waals surface area (Å²) in [5, 5.41) is 16.3. The molecule has 0 atom stereocenters. The second-order valence-corrected chi connectivity index (χ2v) is 4.47. The predicted octanol–water partition coefficient (Wildman–Crippen LogP) is 2.14. The average Bonchev–Trinajstić information content (AvgIpc) is 2.89. The maximum Gasteiger partial charge on any atom is 0.355 e. The lowest BCUT2D eigenvalue weighted by atomic mass is 10.2. The molecule has 0 unspecified atom stereocenters. The van der Waals surface area contributed by atoms with Crippen LogP contribution in [0.4, 0.5) is 0 Å². The maximum atomic E-state index is 10.9. The maximum absolute atomic E-state index is 10.9. The largest absolute Gasteiger partial charge is 0.493 e. The normalized spacial score (nSPS) is 10.4. The molecule has 0 saturated heterocycles. The Bertz CT molecular complexity index is 581. The van der Waals surface area contributed by atoms with Crippen molar-refractivity contribution in [2.24, 2.45) is 0 Å². The zero-order chi connectivity index (χ0) is 14.4. The number of hydrogen-bond donors (Lipinski definition) is 1. The Kier molecular flexibility index (Phi) is 4.70. The Balaban J connectivity index is 1.73. The molecule has 1 aromatic carbocycles. The number of benzene rings is 1. The van der Waals surface area contributed by atoms with E-state index in [1.54, 1.807) is 0 Å². The van der Waals surface area contributed by atoms with E-state index in [1.807, 2.05) is 31.2 Å². The lowest BCUT2D eigenvalue weighted by Gasteiger charge is -2.08. The van der Waals surface area contributed by atoms with Crippen LogP contribution in [0.3, 0.4) is 0 Å². The molecule has 2 rings (SSSR count). The molecule has 6 heteroatoms. The summed E-state index contributed by atoms with van der Waals surface area (Å²) in [6, 6.07) is 7.86. The fourth-order valence-electron chi connectivity index (χ4n) is 1.85. The van der Waals surface area contributed by atoms with Crippen LogP contribution in [0, 0.1) is 6.92 Å². The number of hydrogen-bond acceptors (Lipinski definition) is 4. The van der Waals surface area contributed by atoms with E-state index in [4.69, 9.17) is 9.84 Å². The Morgan fingerprint density at radius 2 is 2.15 bits per heavy atom. The van der Waals surface area contributed by atoms with Crippen LogP contribution >= 0.6 is 0 Å². The number of carbonyl (C=O) groups is 1. The minimum absolute atomic E-state index is 0.116. The summed E-state index contributed by atoms with van der Waals surface area (Å²) < 4.78 is 7.07. The molecular weight excluding hydrogens is 258 g/mol. The van der Waals surface area contributed by atoms with E-state index in [1.165, 1.54) is 10.9 Å². The third kappa shape index (κ3) is 3.57. The first-order chi connectivity index (χ1) is 9.68. The van der Waals surface area contributed by atoms with Gasteiger partial charge in [-0.2, -0.15) is 0 Å². The first-order valence-corrected chi connectivity index (χ1v) is 6.48. The van der Waals surface area contributed by atoms with Gasteiger partial charge < -0.3 is 9.84 Å². The quantitative estimate of drug-likeness (QED) is 0.783. The van der Waals surface area contributed by atoms with Gasteiger partial charge >= 0.3 is 5.97 Å². The Hall–Kier alpha value is -2.37. The van der Waals surface area contributed by atoms with Gasteiger partial charge in [0, 0.05) is 6.54 Å². The number of rotatable bonds is 7. The monoisotopic (exact) mass is 275 g/mol. The molecular formula is C14H17N3O3. The molecule has 0 aliphatic carbocycles. The predicted molar refractivity (Wildman–Crippen MR) is 72.9 cm³/mol. The van der Waals surface area contributed by atoms with Crippen LogP contribution in [0.5, 0.6) is 5.75 Å². The zero-order valence-electron chi connectivity index (χ0n) is 11.3. The first-order valence-electron chi connectivity index (χ1n) is 6.48. The molecule has 1 aromatic heterocycles. The van der Waals surface area contributed by atoms with Gasteiger partial charge in [-0.05, 0) is 31.4 Å². The Morgan fingerprint density at radius 1 is 1.35 bits per heavy atom. The highest BCUT2D eigenvalue weighted by Gasteiger charge is 2.10. The van der Waals surface area contributed by atoms with Crippen LogP contribution in [0.2, 0.25) is 0 Å². The van der Waals surface area contributed by atoms with Crippen LogP contribution in [-0.4, -0.2) is 32.7 Å². The van der Waals surface area contributed by atoms with Gasteiger partial charge in [0.25, 0.3) is 0 Å². The summed E-state index contributed by atoms with van der Waals surface area (Å²) in [6.45, 7) is 3.13. The average molecular weight is 275 g/mol. The number of para-hydroxylation sites is 1. The smallest absolute Gasteiger partial charge is 0.355 e. The van der Waals surface area contributed by atoms with Crippen molar-refractivity contribution in [2.75, 3.05) is 6.61 Å². The minimum atomic E-state index is -1.01. The highest BCUT2D eigenvalue weighted by molar-refractivity contribution is 5.85. The van der Waals surface area contributed by atoms with Crippen LogP contribution in [0.25, 0.3) is 0 Å². The van der Waals surface area contributed by atoms with Gasteiger partial charge in [0.1, 0.15) is 5.75 Å². The summed E-state index contributed by atoms with van der Waals surface area (Å²) in [5.74, 6) is -0.120. The molecule has 0 aliphatic heterocycles. The summed E-state index contributed by atoms with van der Waals surface area (Å²) >= 11 is 0. The van der Waals surface area contributed by atoms with E-state index < -0.39 is 5.97 Å². The third-order valence-electron chi connectivity index (χ3n) is 2.95. The summed E-state index contributed by atoms with van der Waals surface area (Å²) in [5.41, 5.74) is 1.22. The van der Waals surface area contributed by atoms with E-state index in [0.29, 0.717) is 13.2 Å². The molecule has 20 heavy (non-hydrogen) atoms. The van der Waals surface area contributed by atoms with Gasteiger partial charge in [-0.3, -0.25) is 0 Å². The lowest BCUT2D eigenvalue weighted by Crippen LogP contribution is -2.11. The molecule has 106 valence electrons. The number of aromatic nitrogens is 3. The molecule has 1 N–H and O–H groups in total. The van der Waals surface area contributed by atoms with Crippen molar-refractivity contribution in [3.05, 3.63) is 41.7 Å². The standard InChI is InChI=1S/C14H17N3O3/c1-11-6-2-3-7-13(11)20-9-5-4-8-17-12(14(18)19)10-15-16-17/h2-3,6-7,10H,4-5,8-9H2,1H3,(H,18,19). The highest BCUT2D eigenvalue weighted by Crippen LogP contribution is 2.16. The first kappa shape index (κ1) is 14.0. The van der Waals surface area contributed by atoms with Gasteiger partial charge in [0.05, 0.1) is 12.8 Å². The fourth-order valence-corrected chi connectivity index (χ4v) is 1.85. The number of aromatic carboxylic acids is 1. The van der Waals surface area contributed by atoms with Crippen molar-refractivity contribution >= 4 is 5.97 Å². The Labute approximate surface area is 117 Å². The van der Waals surface area contributed by atoms with Crippen LogP contribution in [-0.2, 0) is 6.54 Å². The second kappa shape index (κ2) is 6.70. The van der Waals surface area contributed by atoms with E-state index in [0.717, 1.165) is 24.2 Å².